The Balaban J connectivity index is 2.03. The molecule has 1 saturated heterocycles. The Labute approximate surface area is 96.8 Å². The molecule has 2 aromatic rings. The molecule has 3 rings (SSSR count). The summed E-state index contributed by atoms with van der Waals surface area (Å²) in [4.78, 5) is 7.26. The number of nitrogens with zero attached hydrogens (tertiary/aromatic N) is 2. The Bertz CT molecular complexity index is 549. The molecule has 0 amide bonds. The van der Waals surface area contributed by atoms with Gasteiger partial charge in [-0.3, -0.25) is 0 Å². The monoisotopic (exact) mass is 237 g/mol. The zero-order valence-electron chi connectivity index (χ0n) is 9.15. The number of halogens is 1. The molecule has 0 aliphatic carbocycles. The molecule has 3 heterocycles. The number of hydrogen-bond acceptors (Lipinski definition) is 3. The average Bonchev–Trinajstić information content (AvgIpc) is 2.74. The molecule has 17 heavy (non-hydrogen) atoms. The number of aromatic nitrogens is 3. The first-order chi connectivity index (χ1) is 8.24. The highest BCUT2D eigenvalue weighted by Gasteiger charge is 2.23. The highest BCUT2D eigenvalue weighted by molar-refractivity contribution is 5.67. The number of imidazole rings is 1. The lowest BCUT2D eigenvalue weighted by Gasteiger charge is -2.17. The third kappa shape index (κ3) is 1.84. The summed E-state index contributed by atoms with van der Waals surface area (Å²) in [6, 6.07) is 1.27. The van der Waals surface area contributed by atoms with E-state index in [2.05, 4.69) is 9.97 Å². The van der Waals surface area contributed by atoms with E-state index in [0.717, 1.165) is 24.9 Å². The predicted molar refractivity (Wildman–Crippen MR) is 57.8 cm³/mol. The zero-order chi connectivity index (χ0) is 11.8. The quantitative estimate of drug-likeness (QED) is 0.599. The third-order valence-electron chi connectivity index (χ3n) is 3.07. The van der Waals surface area contributed by atoms with Gasteiger partial charge in [0.1, 0.15) is 6.20 Å². The lowest BCUT2D eigenvalue weighted by molar-refractivity contribution is -0.580. The highest BCUT2D eigenvalue weighted by atomic mass is 19.1. The van der Waals surface area contributed by atoms with E-state index in [-0.39, 0.29) is 5.92 Å². The number of hydrogen-bond donors (Lipinski definition) is 1. The molecule has 1 aliphatic heterocycles. The van der Waals surface area contributed by atoms with E-state index in [1.165, 1.54) is 6.07 Å². The first-order valence-electron chi connectivity index (χ1n) is 5.60. The van der Waals surface area contributed by atoms with Crippen LogP contribution in [-0.2, 0) is 4.74 Å². The van der Waals surface area contributed by atoms with Gasteiger partial charge in [0, 0.05) is 25.2 Å². The van der Waals surface area contributed by atoms with Crippen LogP contribution in [0.5, 0.6) is 0 Å². The largest absolute Gasteiger partial charge is 0.710 e. The lowest BCUT2D eigenvalue weighted by Crippen LogP contribution is -2.27. The maximum absolute atomic E-state index is 13.1. The summed E-state index contributed by atoms with van der Waals surface area (Å²) in [6.07, 6.45) is 2.65. The number of pyridine rings is 1. The van der Waals surface area contributed by atoms with Gasteiger partial charge in [-0.2, -0.15) is 0 Å². The van der Waals surface area contributed by atoms with Crippen molar-refractivity contribution in [2.24, 2.45) is 0 Å². The van der Waals surface area contributed by atoms with Crippen molar-refractivity contribution < 1.29 is 13.9 Å². The van der Waals surface area contributed by atoms with Gasteiger partial charge < -0.3 is 9.94 Å². The Morgan fingerprint density at radius 1 is 1.47 bits per heavy atom. The molecule has 2 aromatic heterocycles. The van der Waals surface area contributed by atoms with Gasteiger partial charge in [-0.05, 0) is 12.8 Å². The summed E-state index contributed by atoms with van der Waals surface area (Å²) in [5, 5.41) is 11.5. The minimum absolute atomic E-state index is 0.263. The number of ether oxygens (including phenoxy) is 1. The molecule has 0 spiro atoms. The molecule has 5 nitrogen and oxygen atoms in total. The normalized spacial score (nSPS) is 17.7. The van der Waals surface area contributed by atoms with Crippen LogP contribution in [0, 0.1) is 11.0 Å². The van der Waals surface area contributed by atoms with Crippen LogP contribution in [0.2, 0.25) is 0 Å². The molecule has 1 fully saturated rings. The van der Waals surface area contributed by atoms with Crippen LogP contribution < -0.4 is 4.73 Å². The molecule has 0 radical (unpaired) electrons. The maximum Gasteiger partial charge on any atom is 0.310 e. The van der Waals surface area contributed by atoms with E-state index in [0.29, 0.717) is 29.1 Å². The van der Waals surface area contributed by atoms with Crippen LogP contribution in [0.15, 0.2) is 12.3 Å². The van der Waals surface area contributed by atoms with E-state index >= 15 is 0 Å². The summed E-state index contributed by atoms with van der Waals surface area (Å²) in [7, 11) is 0. The van der Waals surface area contributed by atoms with Crippen LogP contribution in [-0.4, -0.2) is 23.2 Å². The summed E-state index contributed by atoms with van der Waals surface area (Å²) in [5.41, 5.74) is 0.689. The molecular formula is C11H12FN3O2. The topological polar surface area (TPSA) is 64.8 Å². The van der Waals surface area contributed by atoms with Crippen molar-refractivity contribution in [3.05, 3.63) is 29.1 Å². The second-order valence-corrected chi connectivity index (χ2v) is 4.23. The van der Waals surface area contributed by atoms with Gasteiger partial charge in [0.15, 0.2) is 17.2 Å². The summed E-state index contributed by atoms with van der Waals surface area (Å²) >= 11 is 0. The van der Waals surface area contributed by atoms with E-state index in [1.807, 2.05) is 0 Å². The van der Waals surface area contributed by atoms with Crippen molar-refractivity contribution in [3.63, 3.8) is 0 Å². The molecule has 90 valence electrons. The van der Waals surface area contributed by atoms with Crippen molar-refractivity contribution in [1.82, 2.24) is 9.97 Å². The standard InChI is InChI=1S/C11H12FN3O2/c12-8-5-9-11(15(16)6-8)14-10(13-9)7-1-3-17-4-2-7/h5-7H,1-4H2,(H,13,14). The van der Waals surface area contributed by atoms with E-state index in [1.54, 1.807) is 0 Å². The van der Waals surface area contributed by atoms with Crippen LogP contribution in [0.25, 0.3) is 11.2 Å². The van der Waals surface area contributed by atoms with Gasteiger partial charge >= 0.3 is 5.65 Å². The number of fused-ring (bicyclic) bond motifs is 1. The molecule has 0 saturated carbocycles. The molecule has 1 N–H and O–H groups in total. The Hall–Kier alpha value is -1.69. The fraction of sp³-hybridized carbons (Fsp3) is 0.455. The summed E-state index contributed by atoms with van der Waals surface area (Å²) in [5.74, 6) is 0.440. The fourth-order valence-electron chi connectivity index (χ4n) is 2.17. The minimum atomic E-state index is -0.572. The third-order valence-corrected chi connectivity index (χ3v) is 3.07. The lowest BCUT2D eigenvalue weighted by atomic mass is 10.00. The first-order valence-corrected chi connectivity index (χ1v) is 5.60. The van der Waals surface area contributed by atoms with Crippen LogP contribution in [0.3, 0.4) is 0 Å². The minimum Gasteiger partial charge on any atom is -0.710 e. The molecule has 0 atom stereocenters. The van der Waals surface area contributed by atoms with Gasteiger partial charge in [0.2, 0.25) is 0 Å². The summed E-state index contributed by atoms with van der Waals surface area (Å²) < 4.78 is 18.8. The fourth-order valence-corrected chi connectivity index (χ4v) is 2.17. The highest BCUT2D eigenvalue weighted by Crippen LogP contribution is 2.25. The predicted octanol–water partition coefficient (Wildman–Crippen LogP) is 1.23. The van der Waals surface area contributed by atoms with Crippen LogP contribution in [0.4, 0.5) is 4.39 Å². The number of rotatable bonds is 1. The van der Waals surface area contributed by atoms with Gasteiger partial charge in [0.25, 0.3) is 0 Å². The van der Waals surface area contributed by atoms with Crippen LogP contribution >= 0.6 is 0 Å². The van der Waals surface area contributed by atoms with Gasteiger partial charge in [-0.25, -0.2) is 19.1 Å². The van der Waals surface area contributed by atoms with Crippen molar-refractivity contribution in [2.45, 2.75) is 18.8 Å². The Kier molecular flexibility index (Phi) is 2.44. The second kappa shape index (κ2) is 3.96. The maximum atomic E-state index is 13.1. The molecular weight excluding hydrogens is 225 g/mol. The van der Waals surface area contributed by atoms with Gasteiger partial charge in [0.05, 0.1) is 0 Å². The first kappa shape index (κ1) is 10.5. The van der Waals surface area contributed by atoms with Crippen molar-refractivity contribution >= 4 is 11.2 Å². The number of aromatic amines is 1. The van der Waals surface area contributed by atoms with E-state index in [4.69, 9.17) is 4.74 Å². The Morgan fingerprint density at radius 2 is 2.24 bits per heavy atom. The number of nitrogens with one attached hydrogen (secondary N) is 1. The molecule has 0 bridgehead atoms. The summed E-state index contributed by atoms with van der Waals surface area (Å²) in [6.45, 7) is 1.40. The van der Waals surface area contributed by atoms with Crippen molar-refractivity contribution in [1.29, 1.82) is 0 Å². The second-order valence-electron chi connectivity index (χ2n) is 4.23. The van der Waals surface area contributed by atoms with Gasteiger partial charge in [-0.15, -0.1) is 0 Å². The SMILES string of the molecule is [O-][n+]1cc(F)cc2nc(C3CCOCC3)[nH]c21. The van der Waals surface area contributed by atoms with Crippen LogP contribution in [0.1, 0.15) is 24.6 Å². The van der Waals surface area contributed by atoms with Gasteiger partial charge in [-0.1, -0.05) is 0 Å². The smallest absolute Gasteiger partial charge is 0.310 e. The molecule has 0 aromatic carbocycles. The number of H-pyrrole nitrogens is 1. The average molecular weight is 237 g/mol. The molecule has 6 heteroatoms. The molecule has 1 aliphatic rings. The van der Waals surface area contributed by atoms with Crippen molar-refractivity contribution in [2.75, 3.05) is 13.2 Å². The molecule has 0 unspecified atom stereocenters. The Morgan fingerprint density at radius 3 is 3.00 bits per heavy atom. The zero-order valence-corrected chi connectivity index (χ0v) is 9.15. The van der Waals surface area contributed by atoms with Crippen molar-refractivity contribution in [3.8, 4) is 0 Å². The van der Waals surface area contributed by atoms with E-state index in [9.17, 15) is 9.60 Å². The van der Waals surface area contributed by atoms with E-state index < -0.39 is 5.82 Å².